The number of rotatable bonds is 20. The second-order valence-corrected chi connectivity index (χ2v) is 16.9. The monoisotopic (exact) mass is 849 g/mol. The van der Waals surface area contributed by atoms with E-state index in [-0.39, 0.29) is 42.8 Å². The minimum atomic E-state index is -5.58. The Labute approximate surface area is 309 Å². The number of aliphatic hydroxyl groups is 2. The summed E-state index contributed by atoms with van der Waals surface area (Å²) in [5.74, 6) is -1.72. The number of anilines is 1. The minimum Gasteiger partial charge on any atom is -0.386 e. The van der Waals surface area contributed by atoms with Crippen LogP contribution in [0.3, 0.4) is 0 Å². The third kappa shape index (κ3) is 13.6. The maximum Gasteiger partial charge on any atom is 0.481 e. The molecule has 29 heteroatoms. The van der Waals surface area contributed by atoms with Crippen LogP contribution >= 0.6 is 35.4 Å². The Morgan fingerprint density at radius 3 is 2.46 bits per heavy atom. The SMILES string of the molecule is CC(C)(COP(=O)(O)OP(=O)(O)OC[C@H]1O[C@@H](n2cnc3c(N)ncnc32)[C@H](O)[C@@H]1OP(=O)(O)O)[C@@H](O)C(=O)NCCC(=O)NSC(=O)C/C=C/CC=O. The number of aromatic nitrogens is 4. The van der Waals surface area contributed by atoms with Gasteiger partial charge in [0.2, 0.25) is 16.9 Å². The first-order valence-corrected chi connectivity index (χ1v) is 20.6. The van der Waals surface area contributed by atoms with Crippen molar-refractivity contribution in [3.05, 3.63) is 24.8 Å². The van der Waals surface area contributed by atoms with Gasteiger partial charge in [0.05, 0.1) is 19.5 Å². The molecule has 7 atom stereocenters. The van der Waals surface area contributed by atoms with Crippen molar-refractivity contribution >= 4 is 75.6 Å². The maximum absolute atomic E-state index is 12.6. The van der Waals surface area contributed by atoms with Gasteiger partial charge in [-0.1, -0.05) is 26.0 Å². The van der Waals surface area contributed by atoms with Crippen LogP contribution in [0.1, 0.15) is 39.3 Å². The second-order valence-electron chi connectivity index (χ2n) is 11.8. The highest BCUT2D eigenvalue weighted by atomic mass is 32.2. The lowest BCUT2D eigenvalue weighted by Crippen LogP contribution is -2.46. The van der Waals surface area contributed by atoms with Gasteiger partial charge >= 0.3 is 23.5 Å². The van der Waals surface area contributed by atoms with Crippen LogP contribution in [0.2, 0.25) is 0 Å². The first-order chi connectivity index (χ1) is 25.1. The van der Waals surface area contributed by atoms with E-state index in [0.29, 0.717) is 18.2 Å². The van der Waals surface area contributed by atoms with Crippen molar-refractivity contribution in [2.45, 2.75) is 63.8 Å². The molecule has 2 aromatic heterocycles. The molecule has 1 aliphatic heterocycles. The number of carbonyl (C=O) groups excluding carboxylic acids is 4. The third-order valence-corrected chi connectivity index (χ3v) is 10.9. The predicted octanol–water partition coefficient (Wildman–Crippen LogP) is -0.885. The number of nitrogens with two attached hydrogens (primary N) is 1. The molecule has 0 aromatic carbocycles. The van der Waals surface area contributed by atoms with Crippen LogP contribution in [0.15, 0.2) is 24.8 Å². The Kier molecular flexibility index (Phi) is 16.1. The molecule has 25 nitrogen and oxygen atoms in total. The standard InChI is InChI=1S/C25H38N7O18P3S/c1-25(2,20(37)23(38)27-8-7-15(34)31-54-16(35)6-4-3-5-9-33)11-47-53(44,45)50-52(42,43)46-10-14-19(49-51(39,40)41)18(36)24(48-14)32-13-30-17-21(26)28-12-29-22(17)32/h3-4,9,12-14,18-20,24,36-37H,5-8,10-11H2,1-2H3,(H,27,38)(H,31,34)(H,42,43)(H,44,45)(H2,26,28,29)(H2,39,40,41)/b4-3+/t14-,18-,19-,20+,24-/m1/s1. The molecule has 2 unspecified atom stereocenters. The van der Waals surface area contributed by atoms with Gasteiger partial charge in [0.1, 0.15) is 42.5 Å². The quantitative estimate of drug-likeness (QED) is 0.0338. The molecule has 54 heavy (non-hydrogen) atoms. The largest absolute Gasteiger partial charge is 0.481 e. The van der Waals surface area contributed by atoms with Crippen LogP contribution in [0.4, 0.5) is 5.82 Å². The van der Waals surface area contributed by atoms with E-state index in [1.54, 1.807) is 0 Å². The second kappa shape index (κ2) is 19.2. The van der Waals surface area contributed by atoms with Crippen molar-refractivity contribution in [1.29, 1.82) is 0 Å². The van der Waals surface area contributed by atoms with E-state index in [0.717, 1.165) is 17.2 Å². The van der Waals surface area contributed by atoms with E-state index in [4.69, 9.17) is 19.5 Å². The average molecular weight is 850 g/mol. The molecule has 2 amide bonds. The summed E-state index contributed by atoms with van der Waals surface area (Å²) in [4.78, 5) is 97.2. The molecule has 0 saturated carbocycles. The Balaban J connectivity index is 1.52. The molecular formula is C25H38N7O18P3S. The minimum absolute atomic E-state index is 0.0214. The molecule has 0 spiro atoms. The molecule has 0 radical (unpaired) electrons. The number of hydrogen-bond donors (Lipinski definition) is 9. The molecule has 0 bridgehead atoms. The van der Waals surface area contributed by atoms with Gasteiger partial charge in [-0.2, -0.15) is 4.31 Å². The van der Waals surface area contributed by atoms with Crippen LogP contribution < -0.4 is 15.8 Å². The zero-order valence-corrected chi connectivity index (χ0v) is 31.7. The van der Waals surface area contributed by atoms with Crippen molar-refractivity contribution in [1.82, 2.24) is 29.6 Å². The van der Waals surface area contributed by atoms with Gasteiger partial charge in [-0.25, -0.2) is 28.6 Å². The van der Waals surface area contributed by atoms with Crippen molar-refractivity contribution in [3.8, 4) is 0 Å². The number of phosphoric acid groups is 3. The number of carbonyl (C=O) groups is 4. The smallest absolute Gasteiger partial charge is 0.386 e. The maximum atomic E-state index is 12.6. The van der Waals surface area contributed by atoms with Crippen molar-refractivity contribution < 1.29 is 85.3 Å². The molecular weight excluding hydrogens is 811 g/mol. The summed E-state index contributed by atoms with van der Waals surface area (Å²) in [6.45, 7) is 0.0846. The average Bonchev–Trinajstić information content (AvgIpc) is 3.63. The predicted molar refractivity (Wildman–Crippen MR) is 182 cm³/mol. The zero-order chi connectivity index (χ0) is 40.5. The zero-order valence-electron chi connectivity index (χ0n) is 28.2. The first kappa shape index (κ1) is 45.4. The summed E-state index contributed by atoms with van der Waals surface area (Å²) in [5.41, 5.74) is 4.20. The van der Waals surface area contributed by atoms with Crippen LogP contribution in [0, 0.1) is 5.41 Å². The number of nitrogens with one attached hydrogen (secondary N) is 2. The fraction of sp³-hybridized carbons (Fsp3) is 0.560. The van der Waals surface area contributed by atoms with E-state index < -0.39 is 89.7 Å². The highest BCUT2D eigenvalue weighted by Gasteiger charge is 2.50. The van der Waals surface area contributed by atoms with Gasteiger partial charge in [-0.05, 0) is 0 Å². The van der Waals surface area contributed by atoms with Crippen molar-refractivity contribution in [3.63, 3.8) is 0 Å². The van der Waals surface area contributed by atoms with E-state index >= 15 is 0 Å². The Morgan fingerprint density at radius 2 is 1.80 bits per heavy atom. The molecule has 1 fully saturated rings. The Bertz CT molecular complexity index is 1840. The number of imidazole rings is 1. The number of phosphoric ester groups is 3. The van der Waals surface area contributed by atoms with Crippen LogP contribution in [0.5, 0.6) is 0 Å². The van der Waals surface area contributed by atoms with Gasteiger partial charge in [0.25, 0.3) is 0 Å². The lowest BCUT2D eigenvalue weighted by Gasteiger charge is -2.30. The van der Waals surface area contributed by atoms with Gasteiger partial charge in [0, 0.05) is 43.2 Å². The number of aldehydes is 1. The summed E-state index contributed by atoms with van der Waals surface area (Å²) < 4.78 is 64.1. The van der Waals surface area contributed by atoms with Crippen molar-refractivity contribution in [2.75, 3.05) is 25.5 Å². The Morgan fingerprint density at radius 1 is 1.11 bits per heavy atom. The molecule has 2 aromatic rings. The molecule has 1 saturated heterocycles. The van der Waals surface area contributed by atoms with E-state index in [1.165, 1.54) is 26.0 Å². The summed E-state index contributed by atoms with van der Waals surface area (Å²) in [7, 11) is -16.4. The van der Waals surface area contributed by atoms with Gasteiger partial charge < -0.3 is 50.4 Å². The van der Waals surface area contributed by atoms with Crippen LogP contribution in [0.25, 0.3) is 11.2 Å². The number of amides is 2. The number of hydrogen-bond acceptors (Lipinski definition) is 19. The van der Waals surface area contributed by atoms with Crippen LogP contribution in [-0.2, 0) is 55.5 Å². The normalized spacial score (nSPS) is 22.1. The lowest BCUT2D eigenvalue weighted by atomic mass is 9.87. The number of nitrogens with zero attached hydrogens (tertiary/aromatic N) is 4. The first-order valence-electron chi connectivity index (χ1n) is 15.2. The molecule has 0 aliphatic carbocycles. The molecule has 3 heterocycles. The van der Waals surface area contributed by atoms with E-state index in [1.807, 2.05) is 0 Å². The molecule has 302 valence electrons. The lowest BCUT2D eigenvalue weighted by molar-refractivity contribution is -0.137. The third-order valence-electron chi connectivity index (χ3n) is 7.04. The summed E-state index contributed by atoms with van der Waals surface area (Å²) in [5, 5.41) is 23.2. The summed E-state index contributed by atoms with van der Waals surface area (Å²) >= 11 is 0.510. The summed E-state index contributed by atoms with van der Waals surface area (Å²) in [6, 6.07) is 0. The van der Waals surface area contributed by atoms with E-state index in [2.05, 4.69) is 33.8 Å². The topological polar surface area (TPSA) is 381 Å². The van der Waals surface area contributed by atoms with E-state index in [9.17, 15) is 62.7 Å². The Hall–Kier alpha value is -3.03. The van der Waals surface area contributed by atoms with Crippen LogP contribution in [-0.4, -0.2) is 117 Å². The van der Waals surface area contributed by atoms with Gasteiger partial charge in [-0.15, -0.1) is 0 Å². The highest BCUT2D eigenvalue weighted by Crippen LogP contribution is 2.61. The number of aliphatic hydroxyl groups excluding tert-OH is 2. The van der Waals surface area contributed by atoms with Gasteiger partial charge in [0.15, 0.2) is 17.7 Å². The molecule has 1 aliphatic rings. The van der Waals surface area contributed by atoms with Gasteiger partial charge in [-0.3, -0.25) is 37.2 Å². The fourth-order valence-corrected chi connectivity index (χ4v) is 7.73. The molecule has 3 rings (SSSR count). The summed E-state index contributed by atoms with van der Waals surface area (Å²) in [6.07, 6.45) is -3.46. The number of fused-ring (bicyclic) bond motifs is 1. The number of nitrogen functional groups attached to an aromatic ring is 1. The fourth-order valence-electron chi connectivity index (χ4n) is 4.39. The number of allylic oxidation sites excluding steroid dienone is 2. The van der Waals surface area contributed by atoms with Crippen molar-refractivity contribution in [2.24, 2.45) is 5.41 Å². The molecule has 10 N–H and O–H groups in total. The number of ether oxygens (including phenoxy) is 1. The highest BCUT2D eigenvalue weighted by molar-refractivity contribution is 8.12.